The van der Waals surface area contributed by atoms with E-state index in [1.54, 1.807) is 6.07 Å². The third kappa shape index (κ3) is 3.61. The Balaban J connectivity index is 2.01. The van der Waals surface area contributed by atoms with E-state index >= 15 is 0 Å². The van der Waals surface area contributed by atoms with Crippen LogP contribution in [0.1, 0.15) is 26.5 Å². The second-order valence-electron chi connectivity index (χ2n) is 5.54. The molecule has 0 unspecified atom stereocenters. The molecule has 0 aliphatic heterocycles. The fraction of sp³-hybridized carbons (Fsp3) is 0.111. The highest BCUT2D eigenvalue weighted by Crippen LogP contribution is 2.34. The van der Waals surface area contributed by atoms with Crippen molar-refractivity contribution in [2.75, 3.05) is 0 Å². The average Bonchev–Trinajstić information content (AvgIpc) is 3.03. The first-order chi connectivity index (χ1) is 13.2. The van der Waals surface area contributed by atoms with E-state index in [4.69, 9.17) is 0 Å². The van der Waals surface area contributed by atoms with Gasteiger partial charge in [0, 0.05) is 18.2 Å². The number of hydrogen-bond donors (Lipinski definition) is 0. The van der Waals surface area contributed by atoms with Crippen molar-refractivity contribution in [2.45, 2.75) is 12.6 Å². The van der Waals surface area contributed by atoms with Gasteiger partial charge in [-0.2, -0.15) is 22.8 Å². The Morgan fingerprint density at radius 1 is 1.14 bits per heavy atom. The number of carbonyl (C=O) groups is 1. The standard InChI is InChI=1S/C18H8F5N3OS/c19-11-4-1-5-12(20)15(11)16-10(8-24)14(28-26-16)7-13(27)9-3-2-6-25-17(9)18(21,22)23/h1-6H,7H2. The molecule has 0 fully saturated rings. The summed E-state index contributed by atoms with van der Waals surface area (Å²) in [6.07, 6.45) is -4.52. The van der Waals surface area contributed by atoms with Gasteiger partial charge in [0.1, 0.15) is 23.4 Å². The molecule has 3 aromatic rings. The molecule has 142 valence electrons. The Bertz CT molecular complexity index is 1080. The van der Waals surface area contributed by atoms with Gasteiger partial charge >= 0.3 is 6.18 Å². The van der Waals surface area contributed by atoms with Crippen molar-refractivity contribution in [3.63, 3.8) is 0 Å². The summed E-state index contributed by atoms with van der Waals surface area (Å²) in [4.78, 5) is 15.6. The molecule has 0 N–H and O–H groups in total. The Hall–Kier alpha value is -3.19. The number of halogens is 5. The molecule has 0 bridgehead atoms. The summed E-state index contributed by atoms with van der Waals surface area (Å²) in [6.45, 7) is 0. The second-order valence-corrected chi connectivity index (χ2v) is 6.39. The molecule has 0 amide bonds. The topological polar surface area (TPSA) is 66.6 Å². The quantitative estimate of drug-likeness (QED) is 0.459. The van der Waals surface area contributed by atoms with Crippen molar-refractivity contribution in [3.05, 3.63) is 69.9 Å². The van der Waals surface area contributed by atoms with Gasteiger partial charge in [-0.05, 0) is 35.8 Å². The summed E-state index contributed by atoms with van der Waals surface area (Å²) in [7, 11) is 0. The van der Waals surface area contributed by atoms with Gasteiger partial charge in [0.25, 0.3) is 0 Å². The highest BCUT2D eigenvalue weighted by atomic mass is 32.1. The normalized spacial score (nSPS) is 11.3. The number of Topliss-reactive ketones (excluding diaryl/α,β-unsaturated/α-hetero) is 1. The van der Waals surface area contributed by atoms with Crippen LogP contribution in [-0.4, -0.2) is 15.1 Å². The Labute approximate surface area is 159 Å². The van der Waals surface area contributed by atoms with E-state index in [-0.39, 0.29) is 16.1 Å². The summed E-state index contributed by atoms with van der Waals surface area (Å²) < 4.78 is 71.0. The van der Waals surface area contributed by atoms with E-state index < -0.39 is 46.8 Å². The predicted octanol–water partition coefficient (Wildman–Crippen LogP) is 4.80. The zero-order valence-electron chi connectivity index (χ0n) is 13.7. The Kier molecular flexibility index (Phi) is 5.20. The van der Waals surface area contributed by atoms with Gasteiger partial charge in [-0.15, -0.1) is 0 Å². The molecule has 0 saturated heterocycles. The van der Waals surface area contributed by atoms with E-state index in [2.05, 4.69) is 9.36 Å². The first kappa shape index (κ1) is 19.6. The van der Waals surface area contributed by atoms with Crippen LogP contribution in [0.25, 0.3) is 11.3 Å². The van der Waals surface area contributed by atoms with E-state index in [1.165, 1.54) is 6.07 Å². The zero-order valence-corrected chi connectivity index (χ0v) is 14.5. The van der Waals surface area contributed by atoms with E-state index in [0.29, 0.717) is 11.5 Å². The summed E-state index contributed by atoms with van der Waals surface area (Å²) in [5.41, 5.74) is -3.10. The second kappa shape index (κ2) is 7.44. The minimum atomic E-state index is -4.83. The van der Waals surface area contributed by atoms with Gasteiger partial charge < -0.3 is 0 Å². The molecule has 1 aromatic carbocycles. The molecular weight excluding hydrogens is 401 g/mol. The lowest BCUT2D eigenvalue weighted by atomic mass is 10.0. The molecule has 0 aliphatic rings. The number of nitrogens with zero attached hydrogens (tertiary/aromatic N) is 3. The van der Waals surface area contributed by atoms with Crippen molar-refractivity contribution in [1.82, 2.24) is 9.36 Å². The van der Waals surface area contributed by atoms with Crippen molar-refractivity contribution in [3.8, 4) is 17.3 Å². The van der Waals surface area contributed by atoms with Crippen LogP contribution in [0.15, 0.2) is 36.5 Å². The molecule has 0 saturated carbocycles. The number of benzene rings is 1. The number of rotatable bonds is 4. The molecule has 0 spiro atoms. The summed E-state index contributed by atoms with van der Waals surface area (Å²) in [5, 5.41) is 9.37. The van der Waals surface area contributed by atoms with E-state index in [0.717, 1.165) is 30.5 Å². The van der Waals surface area contributed by atoms with E-state index in [9.17, 15) is 32.0 Å². The van der Waals surface area contributed by atoms with Crippen molar-refractivity contribution in [1.29, 1.82) is 5.26 Å². The zero-order chi connectivity index (χ0) is 20.5. The highest BCUT2D eigenvalue weighted by molar-refractivity contribution is 7.06. The molecule has 4 nitrogen and oxygen atoms in total. The largest absolute Gasteiger partial charge is 0.434 e. The maximum absolute atomic E-state index is 14.0. The smallest absolute Gasteiger partial charge is 0.294 e. The first-order valence-electron chi connectivity index (χ1n) is 7.62. The van der Waals surface area contributed by atoms with Crippen LogP contribution >= 0.6 is 11.5 Å². The molecule has 10 heteroatoms. The summed E-state index contributed by atoms with van der Waals surface area (Å²) in [6, 6.07) is 6.98. The third-order valence-corrected chi connectivity index (χ3v) is 4.61. The number of carbonyl (C=O) groups excluding carboxylic acids is 1. The van der Waals surface area contributed by atoms with Gasteiger partial charge in [-0.1, -0.05) is 6.07 Å². The van der Waals surface area contributed by atoms with Crippen LogP contribution < -0.4 is 0 Å². The van der Waals surface area contributed by atoms with Gasteiger partial charge in [0.15, 0.2) is 11.5 Å². The lowest BCUT2D eigenvalue weighted by Crippen LogP contribution is -2.16. The Morgan fingerprint density at radius 3 is 2.43 bits per heavy atom. The molecule has 0 radical (unpaired) electrons. The van der Waals surface area contributed by atoms with Gasteiger partial charge in [0.2, 0.25) is 0 Å². The molecule has 0 aliphatic carbocycles. The minimum Gasteiger partial charge on any atom is -0.294 e. The van der Waals surface area contributed by atoms with Gasteiger partial charge in [0.05, 0.1) is 16.0 Å². The molecule has 0 atom stereocenters. The lowest BCUT2D eigenvalue weighted by Gasteiger charge is -2.10. The van der Waals surface area contributed by atoms with E-state index in [1.807, 2.05) is 0 Å². The SMILES string of the molecule is N#Cc1c(-c2c(F)cccc2F)nsc1CC(=O)c1cccnc1C(F)(F)F. The van der Waals surface area contributed by atoms with Crippen molar-refractivity contribution in [2.24, 2.45) is 0 Å². The molecular formula is C18H8F5N3OS. The van der Waals surface area contributed by atoms with Crippen molar-refractivity contribution >= 4 is 17.3 Å². The number of alkyl halides is 3. The number of ketones is 1. The molecule has 3 rings (SSSR count). The van der Waals surface area contributed by atoms with Crippen LogP contribution in [0.2, 0.25) is 0 Å². The fourth-order valence-corrected chi connectivity index (χ4v) is 3.37. The van der Waals surface area contributed by atoms with Crippen LogP contribution in [-0.2, 0) is 12.6 Å². The van der Waals surface area contributed by atoms with Crippen LogP contribution in [0, 0.1) is 23.0 Å². The molecule has 2 aromatic heterocycles. The molecule has 2 heterocycles. The fourth-order valence-electron chi connectivity index (χ4n) is 2.55. The minimum absolute atomic E-state index is 0.00197. The summed E-state index contributed by atoms with van der Waals surface area (Å²) in [5.74, 6) is -2.85. The van der Waals surface area contributed by atoms with Gasteiger partial charge in [-0.25, -0.2) is 8.78 Å². The monoisotopic (exact) mass is 409 g/mol. The van der Waals surface area contributed by atoms with Crippen LogP contribution in [0.4, 0.5) is 22.0 Å². The maximum atomic E-state index is 14.0. The van der Waals surface area contributed by atoms with Crippen LogP contribution in [0.3, 0.4) is 0 Å². The third-order valence-electron chi connectivity index (χ3n) is 3.77. The molecule has 28 heavy (non-hydrogen) atoms. The number of hydrogen-bond acceptors (Lipinski definition) is 5. The van der Waals surface area contributed by atoms with Gasteiger partial charge in [-0.3, -0.25) is 9.78 Å². The maximum Gasteiger partial charge on any atom is 0.434 e. The van der Waals surface area contributed by atoms with Crippen LogP contribution in [0.5, 0.6) is 0 Å². The predicted molar refractivity (Wildman–Crippen MR) is 89.5 cm³/mol. The summed E-state index contributed by atoms with van der Waals surface area (Å²) >= 11 is 0.621. The highest BCUT2D eigenvalue weighted by Gasteiger charge is 2.37. The number of aromatic nitrogens is 2. The first-order valence-corrected chi connectivity index (χ1v) is 8.39. The lowest BCUT2D eigenvalue weighted by molar-refractivity contribution is -0.141. The number of nitriles is 1. The van der Waals surface area contributed by atoms with Crippen molar-refractivity contribution < 1.29 is 26.7 Å². The average molecular weight is 409 g/mol. The number of pyridine rings is 1. The Morgan fingerprint density at radius 2 is 1.82 bits per heavy atom.